The first kappa shape index (κ1) is 19.5. The van der Waals surface area contributed by atoms with Crippen LogP contribution in [0.1, 0.15) is 6.42 Å². The lowest BCUT2D eigenvalue weighted by Crippen LogP contribution is -2.24. The summed E-state index contributed by atoms with van der Waals surface area (Å²) >= 11 is 8.31. The predicted octanol–water partition coefficient (Wildman–Crippen LogP) is 3.77. The third kappa shape index (κ3) is 6.19. The van der Waals surface area contributed by atoms with E-state index in [9.17, 15) is 9.59 Å². The average molecular weight is 396 g/mol. The Bertz CT molecular complexity index is 735. The molecule has 2 aromatic rings. The first-order valence-electron chi connectivity index (χ1n) is 7.56. The normalized spacial score (nSPS) is 10.3. The average Bonchev–Trinajstić information content (AvgIpc) is 3.01. The van der Waals surface area contributed by atoms with E-state index in [4.69, 9.17) is 11.6 Å². The number of thiazole rings is 1. The maximum atomic E-state index is 11.9. The maximum absolute atomic E-state index is 11.9. The van der Waals surface area contributed by atoms with E-state index in [0.29, 0.717) is 21.6 Å². The van der Waals surface area contributed by atoms with E-state index >= 15 is 0 Å². The molecule has 0 radical (unpaired) electrons. The molecule has 0 aliphatic carbocycles. The van der Waals surface area contributed by atoms with Gasteiger partial charge in [-0.1, -0.05) is 59.5 Å². The first-order chi connectivity index (χ1) is 12.1. The van der Waals surface area contributed by atoms with Crippen molar-refractivity contribution in [2.75, 3.05) is 23.5 Å². The van der Waals surface area contributed by atoms with Gasteiger partial charge in [0.15, 0.2) is 4.34 Å². The van der Waals surface area contributed by atoms with Crippen LogP contribution in [-0.4, -0.2) is 35.0 Å². The van der Waals surface area contributed by atoms with Crippen LogP contribution in [0.4, 0.5) is 5.00 Å². The van der Waals surface area contributed by atoms with Gasteiger partial charge in [-0.05, 0) is 0 Å². The summed E-state index contributed by atoms with van der Waals surface area (Å²) in [4.78, 5) is 28.2. The molecule has 0 bridgehead atoms. The van der Waals surface area contributed by atoms with Crippen LogP contribution < -0.4 is 10.6 Å². The summed E-state index contributed by atoms with van der Waals surface area (Å²) in [5, 5.41) is 6.24. The number of aromatic nitrogens is 1. The Labute approximate surface area is 159 Å². The number of halogens is 1. The zero-order chi connectivity index (χ0) is 18.1. The number of anilines is 1. The van der Waals surface area contributed by atoms with Crippen LogP contribution in [0.2, 0.25) is 0 Å². The molecule has 0 fully saturated rings. The predicted molar refractivity (Wildman–Crippen MR) is 105 cm³/mol. The second kappa shape index (κ2) is 10.2. The van der Waals surface area contributed by atoms with Crippen molar-refractivity contribution in [3.63, 3.8) is 0 Å². The molecule has 1 aromatic heterocycles. The summed E-state index contributed by atoms with van der Waals surface area (Å²) in [6.07, 6.45) is 1.87. The van der Waals surface area contributed by atoms with Crippen LogP contribution in [0.15, 0.2) is 47.3 Å². The standard InChI is InChI=1S/C17H18ClN3O2S2/c1-2-10-19-14(23)11-24-17-21-15(12-6-4-3-5-7-12)16(25-17)20-13(22)8-9-18/h2-7H,1,8-11H2,(H,19,23)(H,20,22). The Morgan fingerprint density at radius 2 is 2.04 bits per heavy atom. The highest BCUT2D eigenvalue weighted by molar-refractivity contribution is 8.01. The molecule has 1 aromatic carbocycles. The van der Waals surface area contributed by atoms with Gasteiger partial charge in [0.05, 0.1) is 5.75 Å². The van der Waals surface area contributed by atoms with E-state index in [-0.39, 0.29) is 29.9 Å². The second-order valence-electron chi connectivity index (χ2n) is 4.89. The third-order valence-electron chi connectivity index (χ3n) is 3.00. The molecule has 0 aliphatic rings. The summed E-state index contributed by atoms with van der Waals surface area (Å²) in [5.74, 6) is 0.270. The molecule has 2 N–H and O–H groups in total. The van der Waals surface area contributed by atoms with Crippen molar-refractivity contribution in [3.05, 3.63) is 43.0 Å². The summed E-state index contributed by atoms with van der Waals surface area (Å²) in [7, 11) is 0. The molecule has 132 valence electrons. The quantitative estimate of drug-likeness (QED) is 0.385. The lowest BCUT2D eigenvalue weighted by Gasteiger charge is -2.03. The number of hydrogen-bond donors (Lipinski definition) is 2. The minimum atomic E-state index is -0.156. The van der Waals surface area contributed by atoms with Crippen LogP contribution in [0, 0.1) is 0 Å². The summed E-state index contributed by atoms with van der Waals surface area (Å²) in [6.45, 7) is 4.00. The van der Waals surface area contributed by atoms with Gasteiger partial charge in [-0.3, -0.25) is 9.59 Å². The highest BCUT2D eigenvalue weighted by atomic mass is 35.5. The molecule has 0 aliphatic heterocycles. The molecule has 25 heavy (non-hydrogen) atoms. The second-order valence-corrected chi connectivity index (χ2v) is 7.49. The summed E-state index contributed by atoms with van der Waals surface area (Å²) in [5.41, 5.74) is 1.60. The summed E-state index contributed by atoms with van der Waals surface area (Å²) < 4.78 is 0.716. The number of hydrogen-bond acceptors (Lipinski definition) is 5. The van der Waals surface area contributed by atoms with E-state index in [1.54, 1.807) is 6.08 Å². The fourth-order valence-corrected chi connectivity index (χ4v) is 3.96. The smallest absolute Gasteiger partial charge is 0.230 e. The Hall–Kier alpha value is -1.83. The Kier molecular flexibility index (Phi) is 7.97. The fourth-order valence-electron chi connectivity index (χ4n) is 1.88. The number of carbonyl (C=O) groups excluding carboxylic acids is 2. The lowest BCUT2D eigenvalue weighted by molar-refractivity contribution is -0.118. The van der Waals surface area contributed by atoms with E-state index in [0.717, 1.165) is 5.56 Å². The zero-order valence-corrected chi connectivity index (χ0v) is 15.8. The number of carbonyl (C=O) groups is 2. The Morgan fingerprint density at radius 3 is 2.72 bits per heavy atom. The highest BCUT2D eigenvalue weighted by Crippen LogP contribution is 2.37. The van der Waals surface area contributed by atoms with Crippen molar-refractivity contribution in [3.8, 4) is 11.3 Å². The molecule has 0 saturated carbocycles. The van der Waals surface area contributed by atoms with Crippen LogP contribution in [0.25, 0.3) is 11.3 Å². The molecule has 0 saturated heterocycles. The van der Waals surface area contributed by atoms with Crippen molar-refractivity contribution >= 4 is 51.5 Å². The number of rotatable bonds is 9. The topological polar surface area (TPSA) is 71.1 Å². The third-order valence-corrected chi connectivity index (χ3v) is 5.30. The van der Waals surface area contributed by atoms with Gasteiger partial charge in [-0.2, -0.15) is 0 Å². The zero-order valence-electron chi connectivity index (χ0n) is 13.5. The number of thioether (sulfide) groups is 1. The monoisotopic (exact) mass is 395 g/mol. The van der Waals surface area contributed by atoms with Crippen LogP contribution in [0.5, 0.6) is 0 Å². The molecule has 2 amide bonds. The van der Waals surface area contributed by atoms with Gasteiger partial charge in [0.1, 0.15) is 10.7 Å². The van der Waals surface area contributed by atoms with Gasteiger partial charge >= 0.3 is 0 Å². The van der Waals surface area contributed by atoms with E-state index in [1.165, 1.54) is 23.1 Å². The molecule has 0 atom stereocenters. The Balaban J connectivity index is 2.16. The van der Waals surface area contributed by atoms with Crippen molar-refractivity contribution in [2.45, 2.75) is 10.8 Å². The highest BCUT2D eigenvalue weighted by Gasteiger charge is 2.16. The molecule has 1 heterocycles. The van der Waals surface area contributed by atoms with Crippen LogP contribution in [0.3, 0.4) is 0 Å². The molecule has 5 nitrogen and oxygen atoms in total. The number of alkyl halides is 1. The van der Waals surface area contributed by atoms with Crippen LogP contribution >= 0.6 is 34.7 Å². The number of benzene rings is 1. The SMILES string of the molecule is C=CCNC(=O)CSc1nc(-c2ccccc2)c(NC(=O)CCCl)s1. The molecular formula is C17H18ClN3O2S2. The molecular weight excluding hydrogens is 378 g/mol. The van der Waals surface area contributed by atoms with Crippen molar-refractivity contribution < 1.29 is 9.59 Å². The lowest BCUT2D eigenvalue weighted by atomic mass is 10.2. The molecule has 0 unspecified atom stereocenters. The van der Waals surface area contributed by atoms with Crippen molar-refractivity contribution in [1.82, 2.24) is 10.3 Å². The van der Waals surface area contributed by atoms with Gasteiger partial charge in [0, 0.05) is 24.4 Å². The largest absolute Gasteiger partial charge is 0.352 e. The maximum Gasteiger partial charge on any atom is 0.230 e. The van der Waals surface area contributed by atoms with E-state index in [2.05, 4.69) is 22.2 Å². The number of nitrogens with one attached hydrogen (secondary N) is 2. The minimum Gasteiger partial charge on any atom is -0.352 e. The summed E-state index contributed by atoms with van der Waals surface area (Å²) in [6, 6.07) is 9.60. The van der Waals surface area contributed by atoms with Crippen LogP contribution in [-0.2, 0) is 9.59 Å². The Morgan fingerprint density at radius 1 is 1.28 bits per heavy atom. The minimum absolute atomic E-state index is 0.0888. The molecule has 2 rings (SSSR count). The molecule has 0 spiro atoms. The van der Waals surface area contributed by atoms with E-state index < -0.39 is 0 Å². The van der Waals surface area contributed by atoms with Crippen molar-refractivity contribution in [1.29, 1.82) is 0 Å². The number of nitrogens with zero attached hydrogens (tertiary/aromatic N) is 1. The fraction of sp³-hybridized carbons (Fsp3) is 0.235. The van der Waals surface area contributed by atoms with Gasteiger partial charge in [-0.15, -0.1) is 18.2 Å². The molecule has 8 heteroatoms. The first-order valence-corrected chi connectivity index (χ1v) is 9.90. The van der Waals surface area contributed by atoms with Crippen molar-refractivity contribution in [2.24, 2.45) is 0 Å². The van der Waals surface area contributed by atoms with Gasteiger partial charge in [0.25, 0.3) is 0 Å². The van der Waals surface area contributed by atoms with Gasteiger partial charge in [0.2, 0.25) is 11.8 Å². The van der Waals surface area contributed by atoms with E-state index in [1.807, 2.05) is 30.3 Å². The van der Waals surface area contributed by atoms with Gasteiger partial charge in [-0.25, -0.2) is 4.98 Å². The van der Waals surface area contributed by atoms with Gasteiger partial charge < -0.3 is 10.6 Å². The number of amides is 2.